The van der Waals surface area contributed by atoms with Gasteiger partial charge in [-0.25, -0.2) is 8.42 Å². The second-order valence-corrected chi connectivity index (χ2v) is 8.61. The lowest BCUT2D eigenvalue weighted by Gasteiger charge is -2.10. The number of hydrogen-bond acceptors (Lipinski definition) is 7. The Kier molecular flexibility index (Phi) is 3.96. The zero-order chi connectivity index (χ0) is 15.0. The molecule has 2 aliphatic rings. The van der Waals surface area contributed by atoms with E-state index in [9.17, 15) is 13.2 Å². The Bertz CT molecular complexity index is 651. The molecule has 1 aliphatic carbocycles. The molecule has 0 aromatic carbocycles. The van der Waals surface area contributed by atoms with Gasteiger partial charge in [0, 0.05) is 6.04 Å². The molecule has 1 saturated carbocycles. The SMILES string of the molecule is Cc1nnc(SCC(=O)O[C@H]2CCS(=O)(=O)C2)n1C1CC1. The zero-order valence-electron chi connectivity index (χ0n) is 11.7. The summed E-state index contributed by atoms with van der Waals surface area (Å²) in [5, 5.41) is 8.84. The van der Waals surface area contributed by atoms with Crippen LogP contribution in [-0.4, -0.2) is 52.5 Å². The number of rotatable bonds is 5. The second-order valence-electron chi connectivity index (χ2n) is 5.43. The Balaban J connectivity index is 1.52. The van der Waals surface area contributed by atoms with E-state index in [4.69, 9.17) is 4.74 Å². The Morgan fingerprint density at radius 1 is 1.38 bits per heavy atom. The number of aryl methyl sites for hydroxylation is 1. The highest BCUT2D eigenvalue weighted by atomic mass is 32.2. The molecular weight excluding hydrogens is 314 g/mol. The Morgan fingerprint density at radius 2 is 2.14 bits per heavy atom. The van der Waals surface area contributed by atoms with Crippen LogP contribution in [0.5, 0.6) is 0 Å². The summed E-state index contributed by atoms with van der Waals surface area (Å²) >= 11 is 1.29. The largest absolute Gasteiger partial charge is 0.461 e. The van der Waals surface area contributed by atoms with Gasteiger partial charge in [-0.1, -0.05) is 11.8 Å². The van der Waals surface area contributed by atoms with E-state index in [2.05, 4.69) is 14.8 Å². The fourth-order valence-electron chi connectivity index (χ4n) is 2.40. The lowest BCUT2D eigenvalue weighted by atomic mass is 10.3. The fourth-order valence-corrected chi connectivity index (χ4v) is 4.82. The predicted molar refractivity (Wildman–Crippen MR) is 76.9 cm³/mol. The van der Waals surface area contributed by atoms with Crippen molar-refractivity contribution in [2.75, 3.05) is 17.3 Å². The summed E-state index contributed by atoms with van der Waals surface area (Å²) in [5.41, 5.74) is 0. The van der Waals surface area contributed by atoms with Crippen molar-refractivity contribution < 1.29 is 17.9 Å². The minimum atomic E-state index is -3.03. The van der Waals surface area contributed by atoms with Gasteiger partial charge in [-0.15, -0.1) is 10.2 Å². The van der Waals surface area contributed by atoms with Crippen molar-refractivity contribution in [3.05, 3.63) is 5.82 Å². The monoisotopic (exact) mass is 331 g/mol. The van der Waals surface area contributed by atoms with Gasteiger partial charge in [-0.3, -0.25) is 4.79 Å². The molecule has 0 bridgehead atoms. The first kappa shape index (κ1) is 14.8. The molecular formula is C12H17N3O4S2. The molecule has 0 radical (unpaired) electrons. The predicted octanol–water partition coefficient (Wildman–Crippen LogP) is 0.744. The topological polar surface area (TPSA) is 91.2 Å². The number of carbonyl (C=O) groups excluding carboxylic acids is 1. The van der Waals surface area contributed by atoms with Gasteiger partial charge in [-0.05, 0) is 26.2 Å². The zero-order valence-corrected chi connectivity index (χ0v) is 13.3. The molecule has 2 heterocycles. The van der Waals surface area contributed by atoms with Crippen LogP contribution in [0.3, 0.4) is 0 Å². The molecule has 0 spiro atoms. The molecule has 1 saturated heterocycles. The third-order valence-electron chi connectivity index (χ3n) is 3.55. The molecule has 1 atom stereocenters. The van der Waals surface area contributed by atoms with E-state index in [1.807, 2.05) is 6.92 Å². The van der Waals surface area contributed by atoms with Crippen LogP contribution in [0.2, 0.25) is 0 Å². The minimum Gasteiger partial charge on any atom is -0.461 e. The van der Waals surface area contributed by atoms with E-state index in [0.717, 1.165) is 23.8 Å². The second kappa shape index (κ2) is 5.60. The third kappa shape index (κ3) is 3.57. The van der Waals surface area contributed by atoms with E-state index >= 15 is 0 Å². The van der Waals surface area contributed by atoms with Gasteiger partial charge in [0.1, 0.15) is 11.9 Å². The summed E-state index contributed by atoms with van der Waals surface area (Å²) in [6.07, 6.45) is 2.15. The first-order valence-electron chi connectivity index (χ1n) is 6.89. The maximum absolute atomic E-state index is 11.8. The number of esters is 1. The van der Waals surface area contributed by atoms with Gasteiger partial charge in [0.2, 0.25) is 0 Å². The van der Waals surface area contributed by atoms with E-state index < -0.39 is 21.9 Å². The number of carbonyl (C=O) groups is 1. The normalized spacial score (nSPS) is 24.1. The summed E-state index contributed by atoms with van der Waals surface area (Å²) in [5.74, 6) is 0.635. The summed E-state index contributed by atoms with van der Waals surface area (Å²) in [4.78, 5) is 11.8. The molecule has 1 aromatic heterocycles. The molecule has 1 aromatic rings. The van der Waals surface area contributed by atoms with Crippen LogP contribution in [0.4, 0.5) is 0 Å². The molecule has 0 N–H and O–H groups in total. The van der Waals surface area contributed by atoms with E-state index in [-0.39, 0.29) is 17.3 Å². The third-order valence-corrected chi connectivity index (χ3v) is 6.21. The molecule has 3 rings (SSSR count). The number of ether oxygens (including phenoxy) is 1. The Morgan fingerprint density at radius 3 is 2.76 bits per heavy atom. The van der Waals surface area contributed by atoms with Crippen LogP contribution in [-0.2, 0) is 19.4 Å². The molecule has 0 amide bonds. The maximum Gasteiger partial charge on any atom is 0.316 e. The lowest BCUT2D eigenvalue weighted by Crippen LogP contribution is -2.20. The van der Waals surface area contributed by atoms with Crippen LogP contribution < -0.4 is 0 Å². The molecule has 21 heavy (non-hydrogen) atoms. The standard InChI is InChI=1S/C12H17N3O4S2/c1-8-13-14-12(15(8)9-2-3-9)20-6-11(16)19-10-4-5-21(17,18)7-10/h9-10H,2-7H2,1H3/t10-/m0/s1. The first-order valence-corrected chi connectivity index (χ1v) is 9.69. The van der Waals surface area contributed by atoms with Crippen molar-refractivity contribution in [3.63, 3.8) is 0 Å². The van der Waals surface area contributed by atoms with Crippen LogP contribution >= 0.6 is 11.8 Å². The molecule has 1 aliphatic heterocycles. The molecule has 2 fully saturated rings. The highest BCUT2D eigenvalue weighted by Gasteiger charge is 2.31. The smallest absolute Gasteiger partial charge is 0.316 e. The average molecular weight is 331 g/mol. The number of hydrogen-bond donors (Lipinski definition) is 0. The van der Waals surface area contributed by atoms with Crippen molar-refractivity contribution in [1.29, 1.82) is 0 Å². The first-order chi connectivity index (χ1) is 9.94. The van der Waals surface area contributed by atoms with Crippen molar-refractivity contribution >= 4 is 27.6 Å². The van der Waals surface area contributed by atoms with E-state index in [1.165, 1.54) is 11.8 Å². The summed E-state index contributed by atoms with van der Waals surface area (Å²) in [7, 11) is -3.03. The summed E-state index contributed by atoms with van der Waals surface area (Å²) < 4.78 is 29.9. The van der Waals surface area contributed by atoms with Crippen molar-refractivity contribution in [2.45, 2.75) is 43.5 Å². The van der Waals surface area contributed by atoms with Crippen LogP contribution in [0, 0.1) is 6.92 Å². The van der Waals surface area contributed by atoms with Crippen LogP contribution in [0.15, 0.2) is 5.16 Å². The highest BCUT2D eigenvalue weighted by Crippen LogP contribution is 2.38. The average Bonchev–Trinajstić information content (AvgIpc) is 3.09. The van der Waals surface area contributed by atoms with Crippen molar-refractivity contribution in [3.8, 4) is 0 Å². The maximum atomic E-state index is 11.8. The van der Waals surface area contributed by atoms with E-state index in [1.54, 1.807) is 0 Å². The Hall–Kier alpha value is -1.09. The van der Waals surface area contributed by atoms with Gasteiger partial charge in [-0.2, -0.15) is 0 Å². The Labute approximate surface area is 127 Å². The number of thioether (sulfide) groups is 1. The number of sulfone groups is 1. The van der Waals surface area contributed by atoms with Gasteiger partial charge in [0.05, 0.1) is 17.3 Å². The highest BCUT2D eigenvalue weighted by molar-refractivity contribution is 7.99. The van der Waals surface area contributed by atoms with Gasteiger partial charge < -0.3 is 9.30 Å². The van der Waals surface area contributed by atoms with E-state index in [0.29, 0.717) is 12.5 Å². The van der Waals surface area contributed by atoms with Gasteiger partial charge >= 0.3 is 5.97 Å². The minimum absolute atomic E-state index is 0.0548. The quantitative estimate of drug-likeness (QED) is 0.580. The summed E-state index contributed by atoms with van der Waals surface area (Å²) in [6, 6.07) is 0.457. The molecule has 0 unspecified atom stereocenters. The van der Waals surface area contributed by atoms with Gasteiger partial charge in [0.15, 0.2) is 15.0 Å². The van der Waals surface area contributed by atoms with Gasteiger partial charge in [0.25, 0.3) is 0 Å². The molecule has 9 heteroatoms. The van der Waals surface area contributed by atoms with Crippen molar-refractivity contribution in [2.24, 2.45) is 0 Å². The van der Waals surface area contributed by atoms with Crippen LogP contribution in [0.25, 0.3) is 0 Å². The van der Waals surface area contributed by atoms with Crippen molar-refractivity contribution in [1.82, 2.24) is 14.8 Å². The fraction of sp³-hybridized carbons (Fsp3) is 0.750. The molecule has 116 valence electrons. The number of aromatic nitrogens is 3. The lowest BCUT2D eigenvalue weighted by molar-refractivity contribution is -0.144. The molecule has 7 nitrogen and oxygen atoms in total. The number of nitrogens with zero attached hydrogens (tertiary/aromatic N) is 3. The summed E-state index contributed by atoms with van der Waals surface area (Å²) in [6.45, 7) is 1.90. The van der Waals surface area contributed by atoms with Crippen LogP contribution in [0.1, 0.15) is 31.1 Å².